The van der Waals surface area contributed by atoms with Crippen molar-refractivity contribution in [2.45, 2.75) is 64.8 Å². The molecule has 2 amide bonds. The smallest absolute Gasteiger partial charge is 0.411 e. The van der Waals surface area contributed by atoms with E-state index in [2.05, 4.69) is 5.32 Å². The summed E-state index contributed by atoms with van der Waals surface area (Å²) in [5.74, 6) is -1.19. The number of piperidine rings is 1. The maximum atomic E-state index is 13.5. The summed E-state index contributed by atoms with van der Waals surface area (Å²) >= 11 is 0. The van der Waals surface area contributed by atoms with E-state index in [-0.39, 0.29) is 25.9 Å². The van der Waals surface area contributed by atoms with Crippen LogP contribution < -0.4 is 5.32 Å². The number of amides is 2. The van der Waals surface area contributed by atoms with Crippen LogP contribution in [0.1, 0.15) is 47.5 Å². The first-order chi connectivity index (χ1) is 10.3. The van der Waals surface area contributed by atoms with Gasteiger partial charge in [0.15, 0.2) is 0 Å². The Hall–Kier alpha value is -1.47. The summed E-state index contributed by atoms with van der Waals surface area (Å²) in [6, 6.07) is 0. The molecule has 0 aromatic rings. The van der Waals surface area contributed by atoms with Crippen LogP contribution in [0.15, 0.2) is 0 Å². The molecule has 0 radical (unpaired) electrons. The molecule has 0 unspecified atom stereocenters. The molecule has 0 bridgehead atoms. The summed E-state index contributed by atoms with van der Waals surface area (Å²) in [6.07, 6.45) is -5.97. The number of nitrogens with zero attached hydrogens (tertiary/aromatic N) is 1. The molecule has 0 atom stereocenters. The summed E-state index contributed by atoms with van der Waals surface area (Å²) < 4.78 is 45.6. The number of ether oxygens (including phenoxy) is 1. The third-order valence-electron chi connectivity index (χ3n) is 3.70. The molecule has 134 valence electrons. The number of halogens is 3. The second kappa shape index (κ2) is 6.57. The number of alkyl halides is 3. The van der Waals surface area contributed by atoms with Crippen LogP contribution in [-0.2, 0) is 9.53 Å². The van der Waals surface area contributed by atoms with Gasteiger partial charge >= 0.3 is 12.3 Å². The lowest BCUT2D eigenvalue weighted by Crippen LogP contribution is -2.64. The van der Waals surface area contributed by atoms with E-state index in [9.17, 15) is 22.8 Å². The average molecular weight is 338 g/mol. The minimum atomic E-state index is -4.57. The molecule has 0 aliphatic carbocycles. The molecule has 1 aliphatic heterocycles. The SMILES string of the molecule is CC(C)C(=O)NC1(C(F)(F)F)CCN(C(=O)OC(C)(C)C)CC1. The van der Waals surface area contributed by atoms with Gasteiger partial charge in [-0.1, -0.05) is 13.8 Å². The van der Waals surface area contributed by atoms with Gasteiger partial charge in [0.1, 0.15) is 11.1 Å². The predicted octanol–water partition coefficient (Wildman–Crippen LogP) is 3.09. The first-order valence-electron chi connectivity index (χ1n) is 7.64. The Morgan fingerprint density at radius 3 is 1.96 bits per heavy atom. The van der Waals surface area contributed by atoms with Gasteiger partial charge in [-0.25, -0.2) is 4.79 Å². The lowest BCUT2D eigenvalue weighted by Gasteiger charge is -2.43. The van der Waals surface area contributed by atoms with E-state index < -0.39 is 35.2 Å². The molecule has 0 aromatic heterocycles. The van der Waals surface area contributed by atoms with Crippen molar-refractivity contribution in [3.63, 3.8) is 0 Å². The Bertz CT molecular complexity index is 448. The maximum absolute atomic E-state index is 13.5. The monoisotopic (exact) mass is 338 g/mol. The molecular weight excluding hydrogens is 313 g/mol. The standard InChI is InChI=1S/C15H25F3N2O3/c1-10(2)11(21)19-14(15(16,17)18)6-8-20(9-7-14)12(22)23-13(3,4)5/h10H,6-9H2,1-5H3,(H,19,21). The predicted molar refractivity (Wildman–Crippen MR) is 78.8 cm³/mol. The molecule has 0 saturated carbocycles. The molecule has 5 nitrogen and oxygen atoms in total. The van der Waals surface area contributed by atoms with Crippen molar-refractivity contribution in [3.05, 3.63) is 0 Å². The zero-order valence-corrected chi connectivity index (χ0v) is 14.2. The van der Waals surface area contributed by atoms with E-state index in [1.54, 1.807) is 20.8 Å². The van der Waals surface area contributed by atoms with E-state index in [1.165, 1.54) is 18.7 Å². The molecule has 1 N–H and O–H groups in total. The minimum absolute atomic E-state index is 0.118. The number of carbonyl (C=O) groups is 2. The highest BCUT2D eigenvalue weighted by molar-refractivity contribution is 5.79. The highest BCUT2D eigenvalue weighted by Crippen LogP contribution is 2.39. The maximum Gasteiger partial charge on any atom is 0.411 e. The molecule has 1 heterocycles. The van der Waals surface area contributed by atoms with Crippen LogP contribution in [0.3, 0.4) is 0 Å². The largest absolute Gasteiger partial charge is 0.444 e. The Labute approximate surface area is 134 Å². The number of hydrogen-bond acceptors (Lipinski definition) is 3. The van der Waals surface area contributed by atoms with Crippen LogP contribution in [0.25, 0.3) is 0 Å². The Morgan fingerprint density at radius 1 is 1.13 bits per heavy atom. The zero-order valence-electron chi connectivity index (χ0n) is 14.2. The topological polar surface area (TPSA) is 58.6 Å². The molecule has 23 heavy (non-hydrogen) atoms. The lowest BCUT2D eigenvalue weighted by molar-refractivity contribution is -0.209. The van der Waals surface area contributed by atoms with Crippen LogP contribution in [-0.4, -0.2) is 47.3 Å². The van der Waals surface area contributed by atoms with E-state index >= 15 is 0 Å². The molecule has 8 heteroatoms. The first kappa shape index (κ1) is 19.6. The van der Waals surface area contributed by atoms with Crippen LogP contribution >= 0.6 is 0 Å². The summed E-state index contributed by atoms with van der Waals surface area (Å²) in [5.41, 5.74) is -2.99. The Morgan fingerprint density at radius 2 is 1.61 bits per heavy atom. The molecule has 0 spiro atoms. The van der Waals surface area contributed by atoms with E-state index in [0.717, 1.165) is 0 Å². The van der Waals surface area contributed by atoms with Crippen LogP contribution in [0.5, 0.6) is 0 Å². The average Bonchev–Trinajstić information content (AvgIpc) is 2.35. The Balaban J connectivity index is 2.81. The molecule has 1 fully saturated rings. The highest BCUT2D eigenvalue weighted by atomic mass is 19.4. The second-order valence-corrected chi connectivity index (χ2v) is 7.19. The van der Waals surface area contributed by atoms with Crippen molar-refractivity contribution in [3.8, 4) is 0 Å². The van der Waals surface area contributed by atoms with Gasteiger partial charge in [0.05, 0.1) is 0 Å². The van der Waals surface area contributed by atoms with Crippen molar-refractivity contribution in [2.75, 3.05) is 13.1 Å². The second-order valence-electron chi connectivity index (χ2n) is 7.19. The van der Waals surface area contributed by atoms with Crippen molar-refractivity contribution in [1.82, 2.24) is 10.2 Å². The fourth-order valence-electron chi connectivity index (χ4n) is 2.26. The number of carbonyl (C=O) groups excluding carboxylic acids is 2. The van der Waals surface area contributed by atoms with Crippen molar-refractivity contribution >= 4 is 12.0 Å². The third kappa shape index (κ3) is 5.00. The molecule has 1 rings (SSSR count). The fraction of sp³-hybridized carbons (Fsp3) is 0.867. The summed E-state index contributed by atoms with van der Waals surface area (Å²) in [5, 5.41) is 2.14. The van der Waals surface area contributed by atoms with E-state index in [0.29, 0.717) is 0 Å². The highest BCUT2D eigenvalue weighted by Gasteiger charge is 2.57. The summed E-state index contributed by atoms with van der Waals surface area (Å²) in [6.45, 7) is 7.91. The number of rotatable bonds is 2. The van der Waals surface area contributed by atoms with Crippen LogP contribution in [0.4, 0.5) is 18.0 Å². The van der Waals surface area contributed by atoms with Gasteiger partial charge in [-0.3, -0.25) is 4.79 Å². The summed E-state index contributed by atoms with van der Waals surface area (Å²) in [4.78, 5) is 24.9. The lowest BCUT2D eigenvalue weighted by atomic mass is 9.86. The molecule has 1 aliphatic rings. The van der Waals surface area contributed by atoms with Gasteiger partial charge in [0.25, 0.3) is 0 Å². The van der Waals surface area contributed by atoms with E-state index in [4.69, 9.17) is 4.74 Å². The number of likely N-dealkylation sites (tertiary alicyclic amines) is 1. The third-order valence-corrected chi connectivity index (χ3v) is 3.70. The minimum Gasteiger partial charge on any atom is -0.444 e. The van der Waals surface area contributed by atoms with Crippen molar-refractivity contribution in [1.29, 1.82) is 0 Å². The Kier molecular flexibility index (Phi) is 5.59. The van der Waals surface area contributed by atoms with Gasteiger partial charge < -0.3 is 15.0 Å². The first-order valence-corrected chi connectivity index (χ1v) is 7.64. The fourth-order valence-corrected chi connectivity index (χ4v) is 2.26. The van der Waals surface area contributed by atoms with Gasteiger partial charge in [-0.2, -0.15) is 13.2 Å². The van der Waals surface area contributed by atoms with E-state index in [1.807, 2.05) is 0 Å². The van der Waals surface area contributed by atoms with Crippen molar-refractivity contribution in [2.24, 2.45) is 5.92 Å². The van der Waals surface area contributed by atoms with Crippen LogP contribution in [0, 0.1) is 5.92 Å². The molecular formula is C15H25F3N2O3. The summed E-state index contributed by atoms with van der Waals surface area (Å²) in [7, 11) is 0. The van der Waals surface area contributed by atoms with Crippen LogP contribution in [0.2, 0.25) is 0 Å². The molecule has 0 aromatic carbocycles. The van der Waals surface area contributed by atoms with Gasteiger partial charge in [-0.05, 0) is 33.6 Å². The normalized spacial score (nSPS) is 18.7. The molecule has 1 saturated heterocycles. The van der Waals surface area contributed by atoms with Gasteiger partial charge in [0.2, 0.25) is 5.91 Å². The number of nitrogens with one attached hydrogen (secondary N) is 1. The number of hydrogen-bond donors (Lipinski definition) is 1. The van der Waals surface area contributed by atoms with Crippen molar-refractivity contribution < 1.29 is 27.5 Å². The quantitative estimate of drug-likeness (QED) is 0.842. The zero-order chi connectivity index (χ0) is 18.1. The van der Waals surface area contributed by atoms with Gasteiger partial charge in [0, 0.05) is 19.0 Å². The van der Waals surface area contributed by atoms with Gasteiger partial charge in [-0.15, -0.1) is 0 Å².